The minimum atomic E-state index is -0.239. The molecule has 1 atom stereocenters. The predicted octanol–water partition coefficient (Wildman–Crippen LogP) is 1.71. The smallest absolute Gasteiger partial charge is 0.292 e. The molecule has 2 aromatic rings. The number of hydrogen-bond donors (Lipinski definition) is 2. The molecule has 1 amide bonds. The molecule has 1 aromatic carbocycles. The molecule has 6 nitrogen and oxygen atoms in total. The summed E-state index contributed by atoms with van der Waals surface area (Å²) in [6.07, 6.45) is 2.93. The van der Waals surface area contributed by atoms with E-state index in [1.165, 1.54) is 5.56 Å². The second-order valence-electron chi connectivity index (χ2n) is 5.64. The van der Waals surface area contributed by atoms with E-state index in [0.29, 0.717) is 11.9 Å². The number of para-hydroxylation sites is 1. The molecule has 1 unspecified atom stereocenters. The Labute approximate surface area is 121 Å². The molecule has 0 spiro atoms. The van der Waals surface area contributed by atoms with Crippen LogP contribution in [0.1, 0.15) is 40.8 Å². The number of amides is 1. The van der Waals surface area contributed by atoms with Crippen LogP contribution in [-0.4, -0.2) is 28.6 Å². The van der Waals surface area contributed by atoms with Crippen molar-refractivity contribution in [2.45, 2.75) is 31.2 Å². The lowest BCUT2D eigenvalue weighted by Crippen LogP contribution is -2.26. The van der Waals surface area contributed by atoms with Gasteiger partial charge >= 0.3 is 0 Å². The molecule has 1 saturated carbocycles. The summed E-state index contributed by atoms with van der Waals surface area (Å²) < 4.78 is 5.28. The number of hydrogen-bond acceptors (Lipinski definition) is 5. The first-order valence-corrected chi connectivity index (χ1v) is 7.26. The van der Waals surface area contributed by atoms with Gasteiger partial charge in [0.05, 0.1) is 5.92 Å². The number of aromatic nitrogens is 2. The van der Waals surface area contributed by atoms with E-state index >= 15 is 0 Å². The van der Waals surface area contributed by atoms with Gasteiger partial charge in [0.15, 0.2) is 0 Å². The molecule has 2 N–H and O–H groups in total. The maximum Gasteiger partial charge on any atom is 0.292 e. The highest BCUT2D eigenvalue weighted by atomic mass is 16.5. The minimum Gasteiger partial charge on any atom is -0.384 e. The van der Waals surface area contributed by atoms with E-state index in [-0.39, 0.29) is 17.6 Å². The SMILES string of the molecule is O=C(NC1CC1)c1noc(C2CNc3ccccc3C2)n1. The first kappa shape index (κ1) is 12.4. The third kappa shape index (κ3) is 2.49. The maximum absolute atomic E-state index is 11.9. The maximum atomic E-state index is 11.9. The van der Waals surface area contributed by atoms with Gasteiger partial charge in [0.25, 0.3) is 11.7 Å². The van der Waals surface area contributed by atoms with Crippen LogP contribution in [0.5, 0.6) is 0 Å². The summed E-state index contributed by atoms with van der Waals surface area (Å²) in [6, 6.07) is 8.48. The standard InChI is InChI=1S/C15H16N4O2/c20-14(17-11-5-6-11)13-18-15(21-19-13)10-7-9-3-1-2-4-12(9)16-8-10/h1-4,10-11,16H,5-8H2,(H,17,20). The number of carbonyl (C=O) groups is 1. The zero-order valence-corrected chi connectivity index (χ0v) is 11.5. The average Bonchev–Trinajstić information content (AvgIpc) is 3.18. The quantitative estimate of drug-likeness (QED) is 0.897. The Morgan fingerprint density at radius 3 is 3.05 bits per heavy atom. The number of anilines is 1. The highest BCUT2D eigenvalue weighted by Gasteiger charge is 2.28. The Hall–Kier alpha value is -2.37. The summed E-state index contributed by atoms with van der Waals surface area (Å²) in [5.74, 6) is 0.528. The molecule has 1 aliphatic heterocycles. The summed E-state index contributed by atoms with van der Waals surface area (Å²) in [5, 5.41) is 10.0. The van der Waals surface area contributed by atoms with Crippen LogP contribution >= 0.6 is 0 Å². The fourth-order valence-electron chi connectivity index (χ4n) is 2.59. The van der Waals surface area contributed by atoms with Gasteiger partial charge in [-0.05, 0) is 30.9 Å². The summed E-state index contributed by atoms with van der Waals surface area (Å²) in [4.78, 5) is 16.1. The van der Waals surface area contributed by atoms with Gasteiger partial charge in [-0.25, -0.2) is 0 Å². The molecule has 1 aliphatic carbocycles. The Morgan fingerprint density at radius 1 is 1.33 bits per heavy atom. The van der Waals surface area contributed by atoms with Crippen molar-refractivity contribution < 1.29 is 9.32 Å². The van der Waals surface area contributed by atoms with Gasteiger partial charge < -0.3 is 15.2 Å². The van der Waals surface area contributed by atoms with Gasteiger partial charge in [0.2, 0.25) is 5.89 Å². The average molecular weight is 284 g/mol. The van der Waals surface area contributed by atoms with E-state index in [2.05, 4.69) is 32.9 Å². The van der Waals surface area contributed by atoms with Crippen molar-refractivity contribution in [3.8, 4) is 0 Å². The van der Waals surface area contributed by atoms with Crippen LogP contribution in [0.25, 0.3) is 0 Å². The van der Waals surface area contributed by atoms with Crippen LogP contribution in [0, 0.1) is 0 Å². The fourth-order valence-corrected chi connectivity index (χ4v) is 2.59. The van der Waals surface area contributed by atoms with Crippen LogP contribution < -0.4 is 10.6 Å². The number of rotatable bonds is 3. The summed E-state index contributed by atoms with van der Waals surface area (Å²) in [7, 11) is 0. The van der Waals surface area contributed by atoms with Gasteiger partial charge in [-0.3, -0.25) is 4.79 Å². The first-order valence-electron chi connectivity index (χ1n) is 7.26. The molecule has 0 bridgehead atoms. The van der Waals surface area contributed by atoms with Gasteiger partial charge in [-0.2, -0.15) is 4.98 Å². The van der Waals surface area contributed by atoms with Gasteiger partial charge in [0.1, 0.15) is 0 Å². The summed E-state index contributed by atoms with van der Waals surface area (Å²) in [5.41, 5.74) is 2.39. The lowest BCUT2D eigenvalue weighted by Gasteiger charge is -2.23. The topological polar surface area (TPSA) is 80.0 Å². The normalized spacial score (nSPS) is 20.5. The lowest BCUT2D eigenvalue weighted by atomic mass is 9.94. The zero-order chi connectivity index (χ0) is 14.2. The van der Waals surface area contributed by atoms with E-state index in [4.69, 9.17) is 4.52 Å². The monoisotopic (exact) mass is 284 g/mol. The molecule has 2 heterocycles. The highest BCUT2D eigenvalue weighted by molar-refractivity contribution is 5.90. The van der Waals surface area contributed by atoms with Crippen LogP contribution in [0.2, 0.25) is 0 Å². The zero-order valence-electron chi connectivity index (χ0n) is 11.5. The molecule has 21 heavy (non-hydrogen) atoms. The molecule has 6 heteroatoms. The first-order chi connectivity index (χ1) is 10.3. The van der Waals surface area contributed by atoms with E-state index in [9.17, 15) is 4.79 Å². The minimum absolute atomic E-state index is 0.106. The number of nitrogens with one attached hydrogen (secondary N) is 2. The number of nitrogens with zero attached hydrogens (tertiary/aromatic N) is 2. The molecule has 0 saturated heterocycles. The van der Waals surface area contributed by atoms with E-state index in [1.54, 1.807) is 0 Å². The predicted molar refractivity (Wildman–Crippen MR) is 76.2 cm³/mol. The van der Waals surface area contributed by atoms with Gasteiger partial charge in [0, 0.05) is 18.3 Å². The van der Waals surface area contributed by atoms with Crippen LogP contribution in [0.4, 0.5) is 5.69 Å². The van der Waals surface area contributed by atoms with Crippen molar-refractivity contribution in [2.75, 3.05) is 11.9 Å². The second-order valence-corrected chi connectivity index (χ2v) is 5.64. The van der Waals surface area contributed by atoms with Crippen LogP contribution in [0.15, 0.2) is 28.8 Å². The third-order valence-electron chi connectivity index (χ3n) is 3.93. The lowest BCUT2D eigenvalue weighted by molar-refractivity contribution is 0.0937. The van der Waals surface area contributed by atoms with Crippen molar-refractivity contribution in [3.63, 3.8) is 0 Å². The van der Waals surface area contributed by atoms with Crippen molar-refractivity contribution in [1.82, 2.24) is 15.5 Å². The highest BCUT2D eigenvalue weighted by Crippen LogP contribution is 2.29. The summed E-state index contributed by atoms with van der Waals surface area (Å²) in [6.45, 7) is 0.739. The Morgan fingerprint density at radius 2 is 2.19 bits per heavy atom. The molecule has 4 rings (SSSR count). The molecule has 2 aliphatic rings. The largest absolute Gasteiger partial charge is 0.384 e. The Bertz CT molecular complexity index is 678. The van der Waals surface area contributed by atoms with Crippen molar-refractivity contribution >= 4 is 11.6 Å². The molecular formula is C15H16N4O2. The van der Waals surface area contributed by atoms with Crippen LogP contribution in [0.3, 0.4) is 0 Å². The molecule has 1 fully saturated rings. The molecular weight excluding hydrogens is 268 g/mol. The Kier molecular flexibility index (Phi) is 2.87. The van der Waals surface area contributed by atoms with Gasteiger partial charge in [-0.15, -0.1) is 0 Å². The number of fused-ring (bicyclic) bond motifs is 1. The van der Waals surface area contributed by atoms with E-state index in [0.717, 1.165) is 31.5 Å². The van der Waals surface area contributed by atoms with Crippen molar-refractivity contribution in [2.24, 2.45) is 0 Å². The fraction of sp³-hybridized carbons (Fsp3) is 0.400. The molecule has 108 valence electrons. The number of benzene rings is 1. The van der Waals surface area contributed by atoms with Crippen LogP contribution in [-0.2, 0) is 6.42 Å². The van der Waals surface area contributed by atoms with E-state index in [1.807, 2.05) is 12.1 Å². The molecule has 1 aromatic heterocycles. The molecule has 0 radical (unpaired) electrons. The number of carbonyl (C=O) groups excluding carboxylic acids is 1. The third-order valence-corrected chi connectivity index (χ3v) is 3.93. The van der Waals surface area contributed by atoms with E-state index < -0.39 is 0 Å². The summed E-state index contributed by atoms with van der Waals surface area (Å²) >= 11 is 0. The second kappa shape index (κ2) is 4.87. The van der Waals surface area contributed by atoms with Gasteiger partial charge in [-0.1, -0.05) is 23.4 Å². The van der Waals surface area contributed by atoms with Crippen molar-refractivity contribution in [1.29, 1.82) is 0 Å². The Balaban J connectivity index is 1.50. The van der Waals surface area contributed by atoms with Crippen molar-refractivity contribution in [3.05, 3.63) is 41.5 Å².